The molecule has 118 valence electrons. The number of methoxy groups -OCH3 is 1. The number of rotatable bonds is 6. The predicted molar refractivity (Wildman–Crippen MR) is 84.9 cm³/mol. The lowest BCUT2D eigenvalue weighted by atomic mass is 10.1. The summed E-state index contributed by atoms with van der Waals surface area (Å²) in [5.41, 5.74) is 0.562. The molecule has 0 bridgehead atoms. The van der Waals surface area contributed by atoms with Gasteiger partial charge in [0, 0.05) is 5.56 Å². The van der Waals surface area contributed by atoms with Crippen molar-refractivity contribution in [1.29, 1.82) is 0 Å². The number of nitrogens with zero attached hydrogens (tertiary/aromatic N) is 2. The summed E-state index contributed by atoms with van der Waals surface area (Å²) in [6, 6.07) is 8.86. The van der Waals surface area contributed by atoms with Gasteiger partial charge in [-0.2, -0.15) is 4.98 Å². The third-order valence-electron chi connectivity index (χ3n) is 3.13. The summed E-state index contributed by atoms with van der Waals surface area (Å²) in [7, 11) is 1.52. The highest BCUT2D eigenvalue weighted by Crippen LogP contribution is 2.29. The number of carbonyl (C=O) groups is 1. The normalized spacial score (nSPS) is 10.5. The summed E-state index contributed by atoms with van der Waals surface area (Å²) in [5, 5.41) is 5.87. The monoisotopic (exact) mass is 330 g/mol. The molecule has 23 heavy (non-hydrogen) atoms. The van der Waals surface area contributed by atoms with E-state index < -0.39 is 0 Å². The van der Waals surface area contributed by atoms with Crippen molar-refractivity contribution in [2.24, 2.45) is 0 Å². The molecule has 7 heteroatoms. The maximum Gasteiger partial charge on any atom is 0.264 e. The van der Waals surface area contributed by atoms with Gasteiger partial charge in [0.05, 0.1) is 12.0 Å². The van der Waals surface area contributed by atoms with Crippen LogP contribution in [0.4, 0.5) is 0 Å². The minimum absolute atomic E-state index is 0.0349. The lowest BCUT2D eigenvalue weighted by Gasteiger charge is -2.09. The molecule has 0 saturated carbocycles. The third kappa shape index (κ3) is 3.40. The fraction of sp³-hybridized carbons (Fsp3) is 0.188. The second-order valence-electron chi connectivity index (χ2n) is 4.70. The molecular weight excluding hydrogens is 316 g/mol. The second kappa shape index (κ2) is 6.62. The Morgan fingerprint density at radius 2 is 2.17 bits per heavy atom. The zero-order valence-electron chi connectivity index (χ0n) is 12.6. The van der Waals surface area contributed by atoms with E-state index in [4.69, 9.17) is 14.0 Å². The molecule has 3 aromatic rings. The van der Waals surface area contributed by atoms with Crippen molar-refractivity contribution in [3.8, 4) is 22.2 Å². The van der Waals surface area contributed by atoms with Crippen molar-refractivity contribution in [2.45, 2.75) is 13.5 Å². The minimum atomic E-state index is -0.0349. The summed E-state index contributed by atoms with van der Waals surface area (Å²) in [6.45, 7) is 1.62. The zero-order chi connectivity index (χ0) is 16.2. The highest BCUT2D eigenvalue weighted by Gasteiger charge is 2.12. The van der Waals surface area contributed by atoms with Gasteiger partial charge in [0.2, 0.25) is 5.82 Å². The quantitative estimate of drug-likeness (QED) is 0.643. The van der Waals surface area contributed by atoms with Crippen LogP contribution in [0.5, 0.6) is 11.5 Å². The number of hydrogen-bond donors (Lipinski definition) is 0. The van der Waals surface area contributed by atoms with Crippen LogP contribution in [-0.2, 0) is 6.61 Å². The average molecular weight is 330 g/mol. The number of thiophene rings is 1. The molecule has 0 fully saturated rings. The standard InChI is InChI=1S/C16H14N2O4S/c1-10(19)11-5-6-12(13(8-11)20-2)21-9-15-17-16(18-22-15)14-4-3-7-23-14/h3-8H,9H2,1-2H3. The number of benzene rings is 1. The van der Waals surface area contributed by atoms with E-state index in [-0.39, 0.29) is 12.4 Å². The molecule has 0 aliphatic rings. The molecule has 0 saturated heterocycles. The molecule has 0 atom stereocenters. The maximum atomic E-state index is 11.4. The van der Waals surface area contributed by atoms with Crippen molar-refractivity contribution in [2.75, 3.05) is 7.11 Å². The fourth-order valence-corrected chi connectivity index (χ4v) is 2.61. The Bertz CT molecular complexity index is 811. The first-order chi connectivity index (χ1) is 11.2. The van der Waals surface area contributed by atoms with Crippen LogP contribution in [0.2, 0.25) is 0 Å². The molecule has 0 aliphatic carbocycles. The fourth-order valence-electron chi connectivity index (χ4n) is 1.96. The molecule has 2 heterocycles. The Balaban J connectivity index is 1.72. The van der Waals surface area contributed by atoms with E-state index in [0.29, 0.717) is 28.8 Å². The Hall–Kier alpha value is -2.67. The van der Waals surface area contributed by atoms with E-state index in [2.05, 4.69) is 10.1 Å². The molecule has 0 unspecified atom stereocenters. The first kappa shape index (κ1) is 15.2. The molecule has 2 aromatic heterocycles. The van der Waals surface area contributed by atoms with Gasteiger partial charge in [-0.1, -0.05) is 11.2 Å². The van der Waals surface area contributed by atoms with Gasteiger partial charge in [-0.3, -0.25) is 4.79 Å². The second-order valence-corrected chi connectivity index (χ2v) is 5.65. The van der Waals surface area contributed by atoms with Gasteiger partial charge in [-0.05, 0) is 36.6 Å². The van der Waals surface area contributed by atoms with Crippen LogP contribution in [-0.4, -0.2) is 23.0 Å². The Morgan fingerprint density at radius 1 is 1.30 bits per heavy atom. The number of aromatic nitrogens is 2. The average Bonchev–Trinajstić information content (AvgIpc) is 3.23. The van der Waals surface area contributed by atoms with Gasteiger partial charge in [0.25, 0.3) is 5.89 Å². The Labute approximate surface area is 136 Å². The number of ether oxygens (including phenoxy) is 2. The van der Waals surface area contributed by atoms with Crippen LogP contribution < -0.4 is 9.47 Å². The van der Waals surface area contributed by atoms with Gasteiger partial charge < -0.3 is 14.0 Å². The van der Waals surface area contributed by atoms with Gasteiger partial charge in [0.1, 0.15) is 0 Å². The summed E-state index contributed by atoms with van der Waals surface area (Å²) in [5.74, 6) is 1.86. The van der Waals surface area contributed by atoms with Crippen molar-refractivity contribution in [3.63, 3.8) is 0 Å². The van der Waals surface area contributed by atoms with E-state index in [0.717, 1.165) is 4.88 Å². The lowest BCUT2D eigenvalue weighted by Crippen LogP contribution is -2.00. The molecule has 0 amide bonds. The number of ketones is 1. The molecule has 0 N–H and O–H groups in total. The van der Waals surface area contributed by atoms with Crippen LogP contribution in [0.15, 0.2) is 40.2 Å². The van der Waals surface area contributed by atoms with Gasteiger partial charge in [-0.25, -0.2) is 0 Å². The largest absolute Gasteiger partial charge is 0.493 e. The Kier molecular flexibility index (Phi) is 4.38. The van der Waals surface area contributed by atoms with Crippen molar-refractivity contribution in [1.82, 2.24) is 10.1 Å². The van der Waals surface area contributed by atoms with Gasteiger partial charge >= 0.3 is 0 Å². The maximum absolute atomic E-state index is 11.4. The SMILES string of the molecule is COc1cc(C(C)=O)ccc1OCc1nc(-c2cccs2)no1. The molecule has 1 aromatic carbocycles. The molecule has 0 radical (unpaired) electrons. The van der Waals surface area contributed by atoms with E-state index in [1.165, 1.54) is 25.4 Å². The van der Waals surface area contributed by atoms with Crippen LogP contribution in [0, 0.1) is 0 Å². The van der Waals surface area contributed by atoms with Crippen molar-refractivity contribution >= 4 is 17.1 Å². The van der Waals surface area contributed by atoms with Crippen LogP contribution >= 0.6 is 11.3 Å². The molecule has 3 rings (SSSR count). The Morgan fingerprint density at radius 3 is 2.87 bits per heavy atom. The number of hydrogen-bond acceptors (Lipinski definition) is 7. The summed E-state index contributed by atoms with van der Waals surface area (Å²) >= 11 is 1.54. The highest BCUT2D eigenvalue weighted by molar-refractivity contribution is 7.13. The molecule has 0 aliphatic heterocycles. The first-order valence-corrected chi connectivity index (χ1v) is 7.73. The molecule has 0 spiro atoms. The molecular formula is C16H14N2O4S. The highest BCUT2D eigenvalue weighted by atomic mass is 32.1. The van der Waals surface area contributed by atoms with Gasteiger partial charge in [0.15, 0.2) is 23.9 Å². The summed E-state index contributed by atoms with van der Waals surface area (Å²) in [6.07, 6.45) is 0. The van der Waals surface area contributed by atoms with E-state index in [9.17, 15) is 4.79 Å². The van der Waals surface area contributed by atoms with E-state index in [1.807, 2.05) is 17.5 Å². The third-order valence-corrected chi connectivity index (χ3v) is 4.00. The van der Waals surface area contributed by atoms with E-state index >= 15 is 0 Å². The predicted octanol–water partition coefficient (Wildman–Crippen LogP) is 3.59. The minimum Gasteiger partial charge on any atom is -0.493 e. The van der Waals surface area contributed by atoms with Gasteiger partial charge in [-0.15, -0.1) is 11.3 Å². The lowest BCUT2D eigenvalue weighted by molar-refractivity contribution is 0.101. The van der Waals surface area contributed by atoms with Crippen LogP contribution in [0.25, 0.3) is 10.7 Å². The smallest absolute Gasteiger partial charge is 0.264 e. The first-order valence-electron chi connectivity index (χ1n) is 6.85. The van der Waals surface area contributed by atoms with Crippen molar-refractivity contribution in [3.05, 3.63) is 47.2 Å². The van der Waals surface area contributed by atoms with Crippen LogP contribution in [0.1, 0.15) is 23.2 Å². The van der Waals surface area contributed by atoms with Crippen molar-refractivity contribution < 1.29 is 18.8 Å². The topological polar surface area (TPSA) is 74.5 Å². The summed E-state index contributed by atoms with van der Waals surface area (Å²) in [4.78, 5) is 16.6. The van der Waals surface area contributed by atoms with E-state index in [1.54, 1.807) is 18.2 Å². The zero-order valence-corrected chi connectivity index (χ0v) is 13.4. The number of carbonyl (C=O) groups excluding carboxylic acids is 1. The molecule has 6 nitrogen and oxygen atoms in total. The number of Topliss-reactive ketones (excluding diaryl/α,β-unsaturated/α-hetero) is 1. The summed E-state index contributed by atoms with van der Waals surface area (Å²) < 4.78 is 16.1. The van der Waals surface area contributed by atoms with Crippen LogP contribution in [0.3, 0.4) is 0 Å².